The number of imide groups is 1. The zero-order valence-corrected chi connectivity index (χ0v) is 17.7. The molecule has 0 fully saturated rings. The lowest BCUT2D eigenvalue weighted by Gasteiger charge is -2.20. The maximum Gasteiger partial charge on any atom is 0.282 e. The summed E-state index contributed by atoms with van der Waals surface area (Å²) in [4.78, 5) is 40.6. The number of hydrogen-bond acceptors (Lipinski definition) is 6. The average Bonchev–Trinajstić information content (AvgIpc) is 2.99. The lowest BCUT2D eigenvalue weighted by Crippen LogP contribution is -2.34. The molecular formula is C23H25N3O5. The summed E-state index contributed by atoms with van der Waals surface area (Å²) >= 11 is 0. The number of benzene rings is 2. The van der Waals surface area contributed by atoms with Crippen molar-refractivity contribution in [1.82, 2.24) is 4.90 Å². The van der Waals surface area contributed by atoms with Crippen LogP contribution in [0.4, 0.5) is 11.4 Å². The highest BCUT2D eigenvalue weighted by atomic mass is 16.5. The molecule has 2 aromatic rings. The van der Waals surface area contributed by atoms with Crippen molar-refractivity contribution in [1.29, 1.82) is 0 Å². The van der Waals surface area contributed by atoms with Crippen LogP contribution in [0.5, 0.6) is 5.75 Å². The van der Waals surface area contributed by atoms with Gasteiger partial charge in [-0.15, -0.1) is 0 Å². The third-order valence-electron chi connectivity index (χ3n) is 4.78. The molecule has 1 aliphatic rings. The first-order chi connectivity index (χ1) is 14.9. The molecule has 0 unspecified atom stereocenters. The summed E-state index contributed by atoms with van der Waals surface area (Å²) in [6.45, 7) is 3.84. The van der Waals surface area contributed by atoms with Crippen LogP contribution in [-0.4, -0.2) is 54.5 Å². The zero-order chi connectivity index (χ0) is 22.5. The molecule has 3 amide bonds. The Bertz CT molecular complexity index is 1010. The van der Waals surface area contributed by atoms with Crippen LogP contribution < -0.4 is 15.0 Å². The van der Waals surface area contributed by atoms with E-state index in [0.29, 0.717) is 29.3 Å². The van der Waals surface area contributed by atoms with Crippen LogP contribution in [0.25, 0.3) is 5.57 Å². The van der Waals surface area contributed by atoms with E-state index in [4.69, 9.17) is 4.74 Å². The highest BCUT2D eigenvalue weighted by molar-refractivity contribution is 6.45. The Labute approximate surface area is 180 Å². The van der Waals surface area contributed by atoms with Crippen LogP contribution in [0.3, 0.4) is 0 Å². The second-order valence-electron chi connectivity index (χ2n) is 7.00. The van der Waals surface area contributed by atoms with Gasteiger partial charge in [-0.05, 0) is 48.9 Å². The smallest absolute Gasteiger partial charge is 0.282 e. The molecule has 0 spiro atoms. The molecule has 162 valence electrons. The number of likely N-dealkylation sites (N-methyl/N-ethyl adjacent to an activating group) is 1. The van der Waals surface area contributed by atoms with Crippen molar-refractivity contribution in [3.8, 4) is 5.75 Å². The molecule has 1 heterocycles. The van der Waals surface area contributed by atoms with Gasteiger partial charge in [0.15, 0.2) is 0 Å². The number of anilines is 2. The third-order valence-corrected chi connectivity index (χ3v) is 4.78. The second-order valence-corrected chi connectivity index (χ2v) is 7.00. The minimum absolute atomic E-state index is 0.163. The second kappa shape index (κ2) is 9.44. The standard InChI is InChI=1S/C23H25N3O5/c1-4-31-19-11-5-16(6-12-19)20-21(25(3)13-14-27)23(30)26(22(20)29)18-9-7-17(8-10-18)24-15(2)28/h5-12,27H,4,13-14H2,1-3H3,(H,24,28). The Morgan fingerprint density at radius 1 is 1.06 bits per heavy atom. The summed E-state index contributed by atoms with van der Waals surface area (Å²) in [6, 6.07) is 13.4. The average molecular weight is 423 g/mol. The minimum Gasteiger partial charge on any atom is -0.494 e. The molecule has 0 saturated carbocycles. The number of amides is 3. The zero-order valence-electron chi connectivity index (χ0n) is 17.7. The van der Waals surface area contributed by atoms with E-state index in [-0.39, 0.29) is 30.3 Å². The molecule has 8 heteroatoms. The van der Waals surface area contributed by atoms with Crippen molar-refractivity contribution in [3.63, 3.8) is 0 Å². The van der Waals surface area contributed by atoms with Crippen molar-refractivity contribution < 1.29 is 24.2 Å². The molecule has 0 bridgehead atoms. The molecule has 0 aliphatic carbocycles. The van der Waals surface area contributed by atoms with E-state index in [1.807, 2.05) is 6.92 Å². The van der Waals surface area contributed by atoms with Gasteiger partial charge in [0.25, 0.3) is 11.8 Å². The van der Waals surface area contributed by atoms with Crippen LogP contribution in [-0.2, 0) is 14.4 Å². The summed E-state index contributed by atoms with van der Waals surface area (Å²) in [6.07, 6.45) is 0. The summed E-state index contributed by atoms with van der Waals surface area (Å²) < 4.78 is 5.46. The molecule has 2 N–H and O–H groups in total. The van der Waals surface area contributed by atoms with Crippen LogP contribution in [0, 0.1) is 0 Å². The largest absolute Gasteiger partial charge is 0.494 e. The number of aliphatic hydroxyl groups excluding tert-OH is 1. The van der Waals surface area contributed by atoms with Crippen LogP contribution >= 0.6 is 0 Å². The van der Waals surface area contributed by atoms with Gasteiger partial charge in [-0.3, -0.25) is 14.4 Å². The normalized spacial score (nSPS) is 13.6. The Kier molecular flexibility index (Phi) is 6.71. The maximum atomic E-state index is 13.4. The number of ether oxygens (including phenoxy) is 1. The molecule has 0 atom stereocenters. The van der Waals surface area contributed by atoms with Crippen molar-refractivity contribution in [2.75, 3.05) is 37.0 Å². The molecule has 0 saturated heterocycles. The van der Waals surface area contributed by atoms with Gasteiger partial charge in [-0.1, -0.05) is 12.1 Å². The van der Waals surface area contributed by atoms with E-state index in [9.17, 15) is 19.5 Å². The molecule has 3 rings (SSSR count). The predicted octanol–water partition coefficient (Wildman–Crippen LogP) is 2.25. The van der Waals surface area contributed by atoms with Gasteiger partial charge in [0.1, 0.15) is 11.4 Å². The monoisotopic (exact) mass is 423 g/mol. The fraction of sp³-hybridized carbons (Fsp3) is 0.261. The van der Waals surface area contributed by atoms with Gasteiger partial charge in [0, 0.05) is 26.2 Å². The van der Waals surface area contributed by atoms with Gasteiger partial charge in [0.05, 0.1) is 24.5 Å². The SMILES string of the molecule is CCOc1ccc(C2=C(N(C)CCO)C(=O)N(c3ccc(NC(C)=O)cc3)C2=O)cc1. The Morgan fingerprint density at radius 2 is 1.71 bits per heavy atom. The van der Waals surface area contributed by atoms with Gasteiger partial charge in [0.2, 0.25) is 5.91 Å². The van der Waals surface area contributed by atoms with Crippen LogP contribution in [0.2, 0.25) is 0 Å². The highest BCUT2D eigenvalue weighted by Gasteiger charge is 2.41. The van der Waals surface area contributed by atoms with Gasteiger partial charge in [-0.2, -0.15) is 0 Å². The summed E-state index contributed by atoms with van der Waals surface area (Å²) in [5.74, 6) is -0.480. The minimum atomic E-state index is -0.475. The first kappa shape index (κ1) is 22.0. The molecule has 2 aromatic carbocycles. The summed E-state index contributed by atoms with van der Waals surface area (Å²) in [5.41, 5.74) is 2.01. The summed E-state index contributed by atoms with van der Waals surface area (Å²) in [7, 11) is 1.66. The van der Waals surface area contributed by atoms with E-state index in [1.165, 1.54) is 6.92 Å². The molecule has 8 nitrogen and oxygen atoms in total. The van der Waals surface area contributed by atoms with E-state index in [0.717, 1.165) is 4.90 Å². The van der Waals surface area contributed by atoms with E-state index in [2.05, 4.69) is 5.32 Å². The van der Waals surface area contributed by atoms with Crippen LogP contribution in [0.15, 0.2) is 54.2 Å². The lowest BCUT2D eigenvalue weighted by molar-refractivity contribution is -0.120. The Balaban J connectivity index is 2.00. The number of carbonyl (C=O) groups excluding carboxylic acids is 3. The quantitative estimate of drug-likeness (QED) is 0.632. The molecule has 0 radical (unpaired) electrons. The van der Waals surface area contributed by atoms with Gasteiger partial charge < -0.3 is 20.1 Å². The fourth-order valence-corrected chi connectivity index (χ4v) is 3.41. The number of aliphatic hydroxyl groups is 1. The topological polar surface area (TPSA) is 99.2 Å². The predicted molar refractivity (Wildman–Crippen MR) is 117 cm³/mol. The first-order valence-corrected chi connectivity index (χ1v) is 9.93. The van der Waals surface area contributed by atoms with Crippen molar-refractivity contribution in [2.24, 2.45) is 0 Å². The number of hydrogen-bond donors (Lipinski definition) is 2. The van der Waals surface area contributed by atoms with Gasteiger partial charge in [-0.25, -0.2) is 4.90 Å². The van der Waals surface area contributed by atoms with Gasteiger partial charge >= 0.3 is 0 Å². The van der Waals surface area contributed by atoms with E-state index in [1.54, 1.807) is 60.5 Å². The number of nitrogens with one attached hydrogen (secondary N) is 1. The number of rotatable bonds is 8. The van der Waals surface area contributed by atoms with E-state index >= 15 is 0 Å². The first-order valence-electron chi connectivity index (χ1n) is 9.93. The van der Waals surface area contributed by atoms with Crippen molar-refractivity contribution >= 4 is 34.7 Å². The third kappa shape index (κ3) is 4.59. The molecule has 31 heavy (non-hydrogen) atoms. The van der Waals surface area contributed by atoms with Crippen molar-refractivity contribution in [2.45, 2.75) is 13.8 Å². The number of carbonyl (C=O) groups is 3. The Hall–Kier alpha value is -3.65. The van der Waals surface area contributed by atoms with Crippen LogP contribution in [0.1, 0.15) is 19.4 Å². The van der Waals surface area contributed by atoms with Crippen molar-refractivity contribution in [3.05, 3.63) is 59.8 Å². The van der Waals surface area contributed by atoms with E-state index < -0.39 is 11.8 Å². The molecule has 1 aliphatic heterocycles. The summed E-state index contributed by atoms with van der Waals surface area (Å²) in [5, 5.41) is 12.0. The number of nitrogens with zero attached hydrogens (tertiary/aromatic N) is 2. The Morgan fingerprint density at radius 3 is 2.26 bits per heavy atom. The highest BCUT2D eigenvalue weighted by Crippen LogP contribution is 2.35. The fourth-order valence-electron chi connectivity index (χ4n) is 3.41. The molecule has 0 aromatic heterocycles. The molecular weight excluding hydrogens is 398 g/mol. The maximum absolute atomic E-state index is 13.4. The lowest BCUT2D eigenvalue weighted by atomic mass is 10.0.